The third kappa shape index (κ3) is 7.78. The molecule has 1 aliphatic rings. The number of aromatic nitrogens is 1. The predicted molar refractivity (Wildman–Crippen MR) is 167 cm³/mol. The molecule has 4 aromatic rings. The fraction of sp³-hybridized carbons (Fsp3) is 0.265. The van der Waals surface area contributed by atoms with Crippen LogP contribution in [-0.2, 0) is 16.0 Å². The molecule has 5 nitrogen and oxygen atoms in total. The van der Waals surface area contributed by atoms with E-state index in [9.17, 15) is 14.7 Å². The van der Waals surface area contributed by atoms with Gasteiger partial charge in [-0.25, -0.2) is 9.78 Å². The summed E-state index contributed by atoms with van der Waals surface area (Å²) in [6.45, 7) is 0. The van der Waals surface area contributed by atoms with Gasteiger partial charge in [-0.05, 0) is 78.6 Å². The molecule has 41 heavy (non-hydrogen) atoms. The highest BCUT2D eigenvalue weighted by Gasteiger charge is 2.35. The zero-order valence-corrected chi connectivity index (χ0v) is 24.4. The fourth-order valence-electron chi connectivity index (χ4n) is 5.07. The summed E-state index contributed by atoms with van der Waals surface area (Å²) < 4.78 is 5.00. The summed E-state index contributed by atoms with van der Waals surface area (Å²) >= 11 is 7.92. The summed E-state index contributed by atoms with van der Waals surface area (Å²) in [6, 6.07) is 25.6. The van der Waals surface area contributed by atoms with E-state index < -0.39 is 5.97 Å². The number of esters is 1. The average molecular weight is 586 g/mol. The molecular weight excluding hydrogens is 554 g/mol. The number of halogens is 1. The van der Waals surface area contributed by atoms with Crippen molar-refractivity contribution in [2.45, 2.75) is 42.6 Å². The van der Waals surface area contributed by atoms with Gasteiger partial charge in [-0.3, -0.25) is 4.79 Å². The average Bonchev–Trinajstić information content (AvgIpc) is 3.83. The number of rotatable bonds is 12. The van der Waals surface area contributed by atoms with Crippen LogP contribution in [-0.4, -0.2) is 34.4 Å². The molecule has 1 N–H and O–H groups in total. The summed E-state index contributed by atoms with van der Waals surface area (Å²) in [6.07, 6.45) is 7.80. The van der Waals surface area contributed by atoms with E-state index in [1.807, 2.05) is 66.7 Å². The number of thioether (sulfide) groups is 1. The van der Waals surface area contributed by atoms with Crippen LogP contribution in [0.15, 0.2) is 78.9 Å². The molecule has 7 heteroatoms. The summed E-state index contributed by atoms with van der Waals surface area (Å²) in [5.41, 5.74) is 5.38. The number of aryl methyl sites for hydroxylation is 1. The number of carboxylic acid groups (broad SMARTS) is 1. The third-order valence-electron chi connectivity index (χ3n) is 7.37. The quantitative estimate of drug-likeness (QED) is 0.168. The highest BCUT2D eigenvalue weighted by atomic mass is 35.5. The van der Waals surface area contributed by atoms with Crippen LogP contribution < -0.4 is 0 Å². The van der Waals surface area contributed by atoms with Crippen molar-refractivity contribution in [2.75, 3.05) is 7.11 Å². The monoisotopic (exact) mass is 585 g/mol. The molecule has 0 spiro atoms. The first-order chi connectivity index (χ1) is 19.9. The second-order valence-electron chi connectivity index (χ2n) is 10.4. The Morgan fingerprint density at radius 1 is 1.05 bits per heavy atom. The van der Waals surface area contributed by atoms with Crippen molar-refractivity contribution in [1.29, 1.82) is 0 Å². The highest BCUT2D eigenvalue weighted by molar-refractivity contribution is 8.00. The maximum Gasteiger partial charge on any atom is 0.338 e. The van der Waals surface area contributed by atoms with Crippen LogP contribution in [0, 0.1) is 5.92 Å². The maximum atomic E-state index is 12.4. The van der Waals surface area contributed by atoms with E-state index in [-0.39, 0.29) is 22.9 Å². The summed E-state index contributed by atoms with van der Waals surface area (Å²) in [7, 11) is 1.39. The van der Waals surface area contributed by atoms with Gasteiger partial charge in [-0.2, -0.15) is 0 Å². The molecule has 0 bridgehead atoms. The Morgan fingerprint density at radius 2 is 1.85 bits per heavy atom. The number of hydrogen-bond donors (Lipinski definition) is 1. The first-order valence-corrected chi connectivity index (χ1v) is 15.1. The van der Waals surface area contributed by atoms with E-state index in [0.717, 1.165) is 52.5 Å². The van der Waals surface area contributed by atoms with Crippen molar-refractivity contribution in [3.63, 3.8) is 0 Å². The number of ether oxygens (including phenoxy) is 1. The Morgan fingerprint density at radius 3 is 2.63 bits per heavy atom. The first kappa shape index (κ1) is 28.9. The Bertz CT molecular complexity index is 1580. The molecule has 0 aliphatic heterocycles. The Labute approximate surface area is 249 Å². The second kappa shape index (κ2) is 13.4. The molecule has 1 saturated carbocycles. The number of methoxy groups -OCH3 is 1. The van der Waals surface area contributed by atoms with Gasteiger partial charge in [0.05, 0.1) is 30.3 Å². The molecule has 3 aromatic carbocycles. The van der Waals surface area contributed by atoms with Gasteiger partial charge in [-0.1, -0.05) is 72.3 Å². The topological polar surface area (TPSA) is 76.5 Å². The summed E-state index contributed by atoms with van der Waals surface area (Å²) in [4.78, 5) is 28.8. The van der Waals surface area contributed by atoms with Gasteiger partial charge < -0.3 is 9.84 Å². The van der Waals surface area contributed by atoms with E-state index in [1.165, 1.54) is 7.11 Å². The SMILES string of the molecule is COC(=O)c1ccccc1CCC(SC(CC(=O)O)C1CC1)c1cccc(C=Cc2ccc3ccc(Cl)cc3n2)c1. The lowest BCUT2D eigenvalue weighted by Gasteiger charge is -2.24. The largest absolute Gasteiger partial charge is 0.481 e. The van der Waals surface area contributed by atoms with Gasteiger partial charge in [0.2, 0.25) is 0 Å². The predicted octanol–water partition coefficient (Wildman–Crippen LogP) is 8.51. The molecule has 1 heterocycles. The number of carbonyl (C=O) groups is 2. The normalized spacial score (nSPS) is 14.7. The lowest BCUT2D eigenvalue weighted by atomic mass is 9.98. The molecule has 2 unspecified atom stereocenters. The molecule has 0 amide bonds. The van der Waals surface area contributed by atoms with Crippen molar-refractivity contribution in [1.82, 2.24) is 4.98 Å². The molecular formula is C34H32ClNO4S. The zero-order valence-electron chi connectivity index (χ0n) is 22.8. The molecule has 5 rings (SSSR count). The Balaban J connectivity index is 1.40. The van der Waals surface area contributed by atoms with Crippen LogP contribution in [0.4, 0.5) is 0 Å². The Hall–Kier alpha value is -3.61. The number of hydrogen-bond acceptors (Lipinski definition) is 5. The zero-order chi connectivity index (χ0) is 28.8. The van der Waals surface area contributed by atoms with Crippen LogP contribution >= 0.6 is 23.4 Å². The van der Waals surface area contributed by atoms with Crippen LogP contribution in [0.25, 0.3) is 23.1 Å². The van der Waals surface area contributed by atoms with Gasteiger partial charge in [-0.15, -0.1) is 11.8 Å². The fourth-order valence-corrected chi connectivity index (χ4v) is 6.95. The first-order valence-electron chi connectivity index (χ1n) is 13.8. The summed E-state index contributed by atoms with van der Waals surface area (Å²) in [5, 5.41) is 11.4. The highest BCUT2D eigenvalue weighted by Crippen LogP contribution is 2.47. The molecule has 2 atom stereocenters. The molecule has 1 aliphatic carbocycles. The third-order valence-corrected chi connectivity index (χ3v) is 9.34. The van der Waals surface area contributed by atoms with E-state index in [2.05, 4.69) is 18.2 Å². The number of carboxylic acids is 1. The van der Waals surface area contributed by atoms with E-state index >= 15 is 0 Å². The lowest BCUT2D eigenvalue weighted by Crippen LogP contribution is -2.15. The van der Waals surface area contributed by atoms with Crippen molar-refractivity contribution in [3.8, 4) is 0 Å². The van der Waals surface area contributed by atoms with Crippen molar-refractivity contribution in [3.05, 3.63) is 112 Å². The van der Waals surface area contributed by atoms with Gasteiger partial charge in [0.15, 0.2) is 0 Å². The number of benzene rings is 3. The van der Waals surface area contributed by atoms with Crippen molar-refractivity contribution < 1.29 is 19.4 Å². The number of fused-ring (bicyclic) bond motifs is 1. The molecule has 210 valence electrons. The number of carbonyl (C=O) groups excluding carboxylic acids is 1. The second-order valence-corrected chi connectivity index (χ2v) is 12.2. The van der Waals surface area contributed by atoms with Crippen LogP contribution in [0.5, 0.6) is 0 Å². The van der Waals surface area contributed by atoms with Gasteiger partial charge >= 0.3 is 11.9 Å². The van der Waals surface area contributed by atoms with Gasteiger partial charge in [0.25, 0.3) is 0 Å². The minimum absolute atomic E-state index is 0.0566. The van der Waals surface area contributed by atoms with Crippen LogP contribution in [0.2, 0.25) is 5.02 Å². The van der Waals surface area contributed by atoms with E-state index in [4.69, 9.17) is 21.3 Å². The van der Waals surface area contributed by atoms with E-state index in [0.29, 0.717) is 22.9 Å². The maximum absolute atomic E-state index is 12.4. The smallest absolute Gasteiger partial charge is 0.338 e. The summed E-state index contributed by atoms with van der Waals surface area (Å²) in [5.74, 6) is -0.662. The standard InChI is InChI=1S/C34H32ClNO4S/c1-40-34(39)29-8-3-2-6-23(29)14-18-31(41-32(21-33(37)38)25-10-11-25)26-7-4-5-22(19-26)9-16-28-17-13-24-12-15-27(35)20-30(24)36-28/h2-9,12-13,15-17,19-20,25,31-32H,10-11,14,18,21H2,1H3,(H,37,38). The lowest BCUT2D eigenvalue weighted by molar-refractivity contribution is -0.137. The molecule has 0 radical (unpaired) electrons. The van der Waals surface area contributed by atoms with Crippen molar-refractivity contribution >= 4 is 58.4 Å². The number of aliphatic carboxylic acids is 1. The van der Waals surface area contributed by atoms with Crippen molar-refractivity contribution in [2.24, 2.45) is 5.92 Å². The number of pyridine rings is 1. The van der Waals surface area contributed by atoms with E-state index in [1.54, 1.807) is 17.8 Å². The molecule has 1 fully saturated rings. The van der Waals surface area contributed by atoms with Gasteiger partial charge in [0.1, 0.15) is 0 Å². The minimum atomic E-state index is -0.759. The molecule has 0 saturated heterocycles. The van der Waals surface area contributed by atoms with Crippen LogP contribution in [0.3, 0.4) is 0 Å². The minimum Gasteiger partial charge on any atom is -0.481 e. The molecule has 1 aromatic heterocycles. The number of nitrogens with zero attached hydrogens (tertiary/aromatic N) is 1. The van der Waals surface area contributed by atoms with Gasteiger partial charge in [0, 0.05) is 20.9 Å². The van der Waals surface area contributed by atoms with Crippen LogP contribution in [0.1, 0.15) is 63.7 Å². The Kier molecular flexibility index (Phi) is 9.42.